The van der Waals surface area contributed by atoms with Crippen LogP contribution in [0.2, 0.25) is 0 Å². The van der Waals surface area contributed by atoms with Crippen molar-refractivity contribution in [2.45, 2.75) is 44.8 Å². The third-order valence-corrected chi connectivity index (χ3v) is 3.19. The molecule has 0 aliphatic rings. The van der Waals surface area contributed by atoms with Gasteiger partial charge in [0.05, 0.1) is 7.11 Å². The van der Waals surface area contributed by atoms with E-state index < -0.39 is 24.5 Å². The summed E-state index contributed by atoms with van der Waals surface area (Å²) in [4.78, 5) is 0. The van der Waals surface area contributed by atoms with Gasteiger partial charge in [-0.15, -0.1) is 0 Å². The van der Waals surface area contributed by atoms with Crippen LogP contribution in [0.1, 0.15) is 31.7 Å². The number of hydrogen-bond acceptors (Lipinski definition) is 2. The van der Waals surface area contributed by atoms with Crippen LogP contribution in [-0.2, 0) is 6.42 Å². The lowest BCUT2D eigenvalue weighted by Gasteiger charge is -2.20. The molecule has 0 aliphatic carbocycles. The third-order valence-electron chi connectivity index (χ3n) is 3.19. The van der Waals surface area contributed by atoms with E-state index in [1.165, 1.54) is 13.2 Å². The fraction of sp³-hybridized carbons (Fsp3) is 0.600. The molecule has 0 fully saturated rings. The molecular formula is C15H21F4NO. The number of methoxy groups -OCH3 is 1. The van der Waals surface area contributed by atoms with Crippen LogP contribution in [0.15, 0.2) is 18.2 Å². The number of hydrogen-bond donors (Lipinski definition) is 1. The maximum Gasteiger partial charge on any atom is 0.389 e. The number of halogens is 4. The molecule has 1 unspecified atom stereocenters. The van der Waals surface area contributed by atoms with Gasteiger partial charge in [0.2, 0.25) is 0 Å². The van der Waals surface area contributed by atoms with E-state index in [4.69, 9.17) is 4.74 Å². The van der Waals surface area contributed by atoms with Gasteiger partial charge in [0.25, 0.3) is 0 Å². The zero-order chi connectivity index (χ0) is 15.9. The summed E-state index contributed by atoms with van der Waals surface area (Å²) < 4.78 is 56.0. The molecule has 21 heavy (non-hydrogen) atoms. The molecule has 0 aliphatic heterocycles. The highest BCUT2D eigenvalue weighted by Gasteiger charge is 2.28. The maximum atomic E-state index is 14.1. The molecule has 0 spiro atoms. The fourth-order valence-corrected chi connectivity index (χ4v) is 2.10. The Bertz CT molecular complexity index is 434. The van der Waals surface area contributed by atoms with E-state index in [-0.39, 0.29) is 18.6 Å². The predicted octanol–water partition coefficient (Wildman–Crippen LogP) is 4.09. The molecule has 2 nitrogen and oxygen atoms in total. The van der Waals surface area contributed by atoms with Crippen molar-refractivity contribution in [3.63, 3.8) is 0 Å². The molecule has 0 heterocycles. The number of ether oxygens (including phenoxy) is 1. The molecule has 1 aromatic carbocycles. The van der Waals surface area contributed by atoms with Crippen LogP contribution in [0.3, 0.4) is 0 Å². The van der Waals surface area contributed by atoms with Crippen molar-refractivity contribution in [2.24, 2.45) is 0 Å². The SMILES string of the molecule is CCCNC(CCC(F)(F)F)Cc1cccc(OC)c1F. The molecule has 0 amide bonds. The van der Waals surface area contributed by atoms with Crippen molar-refractivity contribution < 1.29 is 22.3 Å². The number of benzene rings is 1. The molecule has 6 heteroatoms. The summed E-state index contributed by atoms with van der Waals surface area (Å²) in [7, 11) is 1.36. The van der Waals surface area contributed by atoms with Gasteiger partial charge in [0, 0.05) is 12.5 Å². The van der Waals surface area contributed by atoms with Crippen LogP contribution in [-0.4, -0.2) is 25.9 Å². The Balaban J connectivity index is 2.75. The summed E-state index contributed by atoms with van der Waals surface area (Å²) in [6, 6.07) is 4.29. The zero-order valence-electron chi connectivity index (χ0n) is 12.3. The Morgan fingerprint density at radius 3 is 2.57 bits per heavy atom. The van der Waals surface area contributed by atoms with Gasteiger partial charge in [0.1, 0.15) is 0 Å². The quantitative estimate of drug-likeness (QED) is 0.731. The summed E-state index contributed by atoms with van der Waals surface area (Å²) in [5.41, 5.74) is 0.366. The average Bonchev–Trinajstić information content (AvgIpc) is 2.42. The molecule has 0 saturated heterocycles. The van der Waals surface area contributed by atoms with Crippen LogP contribution >= 0.6 is 0 Å². The van der Waals surface area contributed by atoms with Crippen LogP contribution in [0.5, 0.6) is 5.75 Å². The van der Waals surface area contributed by atoms with Gasteiger partial charge in [-0.25, -0.2) is 4.39 Å². The van der Waals surface area contributed by atoms with Gasteiger partial charge in [-0.3, -0.25) is 0 Å². The Hall–Kier alpha value is -1.30. The largest absolute Gasteiger partial charge is 0.494 e. The molecular weight excluding hydrogens is 286 g/mol. The second-order valence-electron chi connectivity index (χ2n) is 4.94. The fourth-order valence-electron chi connectivity index (χ4n) is 2.10. The second-order valence-corrected chi connectivity index (χ2v) is 4.94. The molecule has 0 bridgehead atoms. The molecule has 120 valence electrons. The molecule has 0 aromatic heterocycles. The highest BCUT2D eigenvalue weighted by atomic mass is 19.4. The van der Waals surface area contributed by atoms with Crippen LogP contribution in [0, 0.1) is 5.82 Å². The van der Waals surface area contributed by atoms with Crippen LogP contribution in [0.25, 0.3) is 0 Å². The van der Waals surface area contributed by atoms with E-state index in [0.29, 0.717) is 12.1 Å². The van der Waals surface area contributed by atoms with Gasteiger partial charge in [-0.2, -0.15) is 13.2 Å². The summed E-state index contributed by atoms with van der Waals surface area (Å²) in [5, 5.41) is 3.05. The van der Waals surface area contributed by atoms with Gasteiger partial charge < -0.3 is 10.1 Å². The van der Waals surface area contributed by atoms with E-state index in [0.717, 1.165) is 6.42 Å². The van der Waals surface area contributed by atoms with Gasteiger partial charge in [-0.1, -0.05) is 19.1 Å². The Labute approximate surface area is 122 Å². The first-order chi connectivity index (χ1) is 9.87. The van der Waals surface area contributed by atoms with Crippen molar-refractivity contribution in [1.29, 1.82) is 0 Å². The predicted molar refractivity (Wildman–Crippen MR) is 74.0 cm³/mol. The average molecular weight is 307 g/mol. The Kier molecular flexibility index (Phi) is 6.95. The van der Waals surface area contributed by atoms with Gasteiger partial charge >= 0.3 is 6.18 Å². The minimum Gasteiger partial charge on any atom is -0.494 e. The van der Waals surface area contributed by atoms with Crippen LogP contribution < -0.4 is 10.1 Å². The molecule has 0 saturated carbocycles. The molecule has 1 atom stereocenters. The number of rotatable bonds is 8. The summed E-state index contributed by atoms with van der Waals surface area (Å²) in [6.45, 7) is 2.54. The zero-order valence-corrected chi connectivity index (χ0v) is 12.3. The van der Waals surface area contributed by atoms with Crippen molar-refractivity contribution in [3.8, 4) is 5.75 Å². The lowest BCUT2D eigenvalue weighted by Crippen LogP contribution is -2.33. The van der Waals surface area contributed by atoms with E-state index in [2.05, 4.69) is 5.32 Å². The van der Waals surface area contributed by atoms with E-state index in [1.807, 2.05) is 6.92 Å². The normalized spacial score (nSPS) is 13.2. The summed E-state index contributed by atoms with van der Waals surface area (Å²) in [5.74, 6) is -0.395. The Morgan fingerprint density at radius 2 is 2.00 bits per heavy atom. The Morgan fingerprint density at radius 1 is 1.29 bits per heavy atom. The molecule has 0 radical (unpaired) electrons. The van der Waals surface area contributed by atoms with Gasteiger partial charge in [0.15, 0.2) is 11.6 Å². The van der Waals surface area contributed by atoms with Crippen molar-refractivity contribution in [2.75, 3.05) is 13.7 Å². The lowest BCUT2D eigenvalue weighted by atomic mass is 10.0. The van der Waals surface area contributed by atoms with Crippen molar-refractivity contribution >= 4 is 0 Å². The van der Waals surface area contributed by atoms with E-state index >= 15 is 0 Å². The van der Waals surface area contributed by atoms with Crippen molar-refractivity contribution in [3.05, 3.63) is 29.6 Å². The first-order valence-corrected chi connectivity index (χ1v) is 6.99. The van der Waals surface area contributed by atoms with Crippen LogP contribution in [0.4, 0.5) is 17.6 Å². The first-order valence-electron chi connectivity index (χ1n) is 6.99. The maximum absolute atomic E-state index is 14.1. The topological polar surface area (TPSA) is 21.3 Å². The van der Waals surface area contributed by atoms with E-state index in [1.54, 1.807) is 12.1 Å². The van der Waals surface area contributed by atoms with Crippen molar-refractivity contribution in [1.82, 2.24) is 5.32 Å². The smallest absolute Gasteiger partial charge is 0.389 e. The monoisotopic (exact) mass is 307 g/mol. The first kappa shape index (κ1) is 17.8. The minimum atomic E-state index is -4.20. The lowest BCUT2D eigenvalue weighted by molar-refractivity contribution is -0.136. The highest BCUT2D eigenvalue weighted by molar-refractivity contribution is 5.31. The highest BCUT2D eigenvalue weighted by Crippen LogP contribution is 2.25. The summed E-state index contributed by atoms with van der Waals surface area (Å²) >= 11 is 0. The third kappa shape index (κ3) is 6.33. The second kappa shape index (κ2) is 8.22. The van der Waals surface area contributed by atoms with Gasteiger partial charge in [-0.05, 0) is 37.4 Å². The number of nitrogens with one attached hydrogen (secondary N) is 1. The minimum absolute atomic E-state index is 0.0693. The molecule has 1 aromatic rings. The molecule has 1 N–H and O–H groups in total. The molecule has 1 rings (SSSR count). The standard InChI is InChI=1S/C15H21F4NO/c1-3-9-20-12(7-8-15(17,18)19)10-11-5-4-6-13(21-2)14(11)16/h4-6,12,20H,3,7-10H2,1-2H3. The number of alkyl halides is 3. The van der Waals surface area contributed by atoms with E-state index in [9.17, 15) is 17.6 Å². The summed E-state index contributed by atoms with van der Waals surface area (Å²) in [6.07, 6.45) is -4.12.